The van der Waals surface area contributed by atoms with E-state index in [9.17, 15) is 4.79 Å². The highest BCUT2D eigenvalue weighted by Crippen LogP contribution is 2.35. The predicted molar refractivity (Wildman–Crippen MR) is 112 cm³/mol. The van der Waals surface area contributed by atoms with Crippen molar-refractivity contribution in [2.75, 3.05) is 25.1 Å². The van der Waals surface area contributed by atoms with Gasteiger partial charge in [-0.15, -0.1) is 16.4 Å². The number of para-hydroxylation sites is 1. The number of ether oxygens (including phenoxy) is 3. The summed E-state index contributed by atoms with van der Waals surface area (Å²) in [6.45, 7) is 1.98. The van der Waals surface area contributed by atoms with Gasteiger partial charge in [-0.05, 0) is 37.1 Å². The zero-order valence-corrected chi connectivity index (χ0v) is 17.5. The molecule has 0 radical (unpaired) electrons. The van der Waals surface area contributed by atoms with Crippen LogP contribution in [0.1, 0.15) is 40.0 Å². The summed E-state index contributed by atoms with van der Waals surface area (Å²) >= 11 is 7.49. The third kappa shape index (κ3) is 3.76. The molecule has 2 aliphatic rings. The van der Waals surface area contributed by atoms with Gasteiger partial charge in [0.2, 0.25) is 5.95 Å². The van der Waals surface area contributed by atoms with Crippen LogP contribution in [0, 0.1) is 0 Å². The van der Waals surface area contributed by atoms with Gasteiger partial charge in [0.1, 0.15) is 19.3 Å². The first-order valence-electron chi connectivity index (χ1n) is 9.69. The van der Waals surface area contributed by atoms with E-state index in [1.807, 2.05) is 12.1 Å². The van der Waals surface area contributed by atoms with Gasteiger partial charge in [-0.2, -0.15) is 9.67 Å². The Bertz CT molecular complexity index is 1080. The van der Waals surface area contributed by atoms with E-state index in [1.54, 1.807) is 18.2 Å². The topological polar surface area (TPSA) is 87.5 Å². The highest BCUT2D eigenvalue weighted by atomic mass is 35.5. The van der Waals surface area contributed by atoms with Crippen molar-refractivity contribution < 1.29 is 19.0 Å². The number of aromatic nitrogens is 3. The Morgan fingerprint density at radius 3 is 2.93 bits per heavy atom. The summed E-state index contributed by atoms with van der Waals surface area (Å²) in [6.07, 6.45) is 1.57. The average Bonchev–Trinajstić information content (AvgIpc) is 3.52. The summed E-state index contributed by atoms with van der Waals surface area (Å²) in [4.78, 5) is 19.0. The maximum atomic E-state index is 13.4. The molecule has 1 N–H and O–H groups in total. The average molecular weight is 447 g/mol. The van der Waals surface area contributed by atoms with Crippen molar-refractivity contribution in [2.24, 2.45) is 0 Å². The molecule has 5 rings (SSSR count). The van der Waals surface area contributed by atoms with E-state index in [0.29, 0.717) is 59.5 Å². The Morgan fingerprint density at radius 1 is 1.23 bits per heavy atom. The van der Waals surface area contributed by atoms with Crippen LogP contribution in [-0.4, -0.2) is 40.5 Å². The molecule has 10 heteroatoms. The van der Waals surface area contributed by atoms with E-state index in [1.165, 1.54) is 16.0 Å². The lowest BCUT2D eigenvalue weighted by atomic mass is 10.1. The van der Waals surface area contributed by atoms with Crippen LogP contribution in [0.4, 0.5) is 5.95 Å². The number of thiophene rings is 1. The van der Waals surface area contributed by atoms with Gasteiger partial charge in [-0.25, -0.2) is 0 Å². The van der Waals surface area contributed by atoms with Crippen molar-refractivity contribution in [1.82, 2.24) is 14.8 Å². The van der Waals surface area contributed by atoms with Crippen molar-refractivity contribution in [1.29, 1.82) is 0 Å². The first kappa shape index (κ1) is 19.3. The summed E-state index contributed by atoms with van der Waals surface area (Å²) < 4.78 is 19.0. The van der Waals surface area contributed by atoms with Crippen molar-refractivity contribution in [3.63, 3.8) is 0 Å². The zero-order chi connectivity index (χ0) is 20.5. The molecule has 8 nitrogen and oxygen atoms in total. The molecular weight excluding hydrogens is 428 g/mol. The summed E-state index contributed by atoms with van der Waals surface area (Å²) in [7, 11) is 0. The molecule has 1 aromatic carbocycles. The molecule has 2 aromatic heterocycles. The normalized spacial score (nSPS) is 17.8. The van der Waals surface area contributed by atoms with Crippen LogP contribution in [-0.2, 0) is 11.3 Å². The summed E-state index contributed by atoms with van der Waals surface area (Å²) in [5.74, 6) is 1.48. The first-order valence-corrected chi connectivity index (χ1v) is 10.9. The summed E-state index contributed by atoms with van der Waals surface area (Å²) in [5.41, 5.74) is 0.373. The molecule has 3 aromatic rings. The summed E-state index contributed by atoms with van der Waals surface area (Å²) in [6, 6.07) is 9.02. The van der Waals surface area contributed by atoms with Gasteiger partial charge in [0, 0.05) is 11.5 Å². The van der Waals surface area contributed by atoms with Crippen molar-refractivity contribution >= 4 is 34.8 Å². The number of anilines is 1. The van der Waals surface area contributed by atoms with Crippen LogP contribution in [0.2, 0.25) is 4.34 Å². The maximum absolute atomic E-state index is 13.4. The molecule has 1 unspecified atom stereocenters. The quantitative estimate of drug-likeness (QED) is 0.635. The maximum Gasteiger partial charge on any atom is 0.285 e. The fourth-order valence-electron chi connectivity index (χ4n) is 3.47. The van der Waals surface area contributed by atoms with Gasteiger partial charge in [0.15, 0.2) is 17.3 Å². The number of halogens is 1. The number of fused-ring (bicyclic) bond motifs is 1. The highest BCUT2D eigenvalue weighted by molar-refractivity contribution is 7.16. The van der Waals surface area contributed by atoms with Crippen molar-refractivity contribution in [3.05, 3.63) is 50.9 Å². The second kappa shape index (κ2) is 8.25. The Balaban J connectivity index is 1.48. The Hall–Kier alpha value is -2.62. The van der Waals surface area contributed by atoms with Gasteiger partial charge in [-0.1, -0.05) is 17.7 Å². The third-order valence-electron chi connectivity index (χ3n) is 4.88. The lowest BCUT2D eigenvalue weighted by molar-refractivity contribution is 0.0923. The van der Waals surface area contributed by atoms with Gasteiger partial charge < -0.3 is 19.5 Å². The molecule has 0 aliphatic carbocycles. The number of carbonyl (C=O) groups is 1. The molecule has 1 saturated heterocycles. The number of benzene rings is 1. The van der Waals surface area contributed by atoms with Crippen molar-refractivity contribution in [3.8, 4) is 11.5 Å². The fourth-order valence-corrected chi connectivity index (χ4v) is 4.50. The Labute approximate surface area is 181 Å². The van der Waals surface area contributed by atoms with E-state index in [0.717, 1.165) is 17.7 Å². The zero-order valence-electron chi connectivity index (χ0n) is 16.0. The van der Waals surface area contributed by atoms with Crippen LogP contribution in [0.5, 0.6) is 11.5 Å². The molecule has 0 spiro atoms. The van der Waals surface area contributed by atoms with Crippen LogP contribution in [0.25, 0.3) is 0 Å². The Morgan fingerprint density at radius 2 is 2.13 bits per heavy atom. The standard InChI is InChI=1S/C20H19ClN4O4S/c21-16-7-6-12(30-16)11-22-20-23-18(15-5-2-8-27-15)24-25(20)19(26)13-3-1-4-14-17(13)29-10-9-28-14/h1,3-4,6-7,15H,2,5,8-11H2,(H,22,23,24). The number of nitrogens with zero attached hydrogens (tertiary/aromatic N) is 3. The SMILES string of the molecule is O=C(c1cccc2c1OCCO2)n1nc(C2CCCO2)nc1NCc1ccc(Cl)s1. The van der Waals surface area contributed by atoms with Crippen LogP contribution >= 0.6 is 22.9 Å². The van der Waals surface area contributed by atoms with E-state index < -0.39 is 0 Å². The van der Waals surface area contributed by atoms with Crippen LogP contribution < -0.4 is 14.8 Å². The lowest BCUT2D eigenvalue weighted by Gasteiger charge is -2.20. The minimum Gasteiger partial charge on any atom is -0.486 e. The van der Waals surface area contributed by atoms with E-state index in [-0.39, 0.29) is 12.0 Å². The lowest BCUT2D eigenvalue weighted by Crippen LogP contribution is -2.22. The Kier molecular flexibility index (Phi) is 5.32. The smallest absolute Gasteiger partial charge is 0.285 e. The molecular formula is C20H19ClN4O4S. The molecule has 0 amide bonds. The van der Waals surface area contributed by atoms with E-state index in [2.05, 4.69) is 15.4 Å². The largest absolute Gasteiger partial charge is 0.486 e. The molecule has 1 atom stereocenters. The molecule has 156 valence electrons. The van der Waals surface area contributed by atoms with Gasteiger partial charge in [0.05, 0.1) is 16.4 Å². The molecule has 1 fully saturated rings. The minimum atomic E-state index is -0.346. The van der Waals surface area contributed by atoms with E-state index >= 15 is 0 Å². The van der Waals surface area contributed by atoms with Crippen LogP contribution in [0.15, 0.2) is 30.3 Å². The second-order valence-electron chi connectivity index (χ2n) is 6.90. The second-order valence-corrected chi connectivity index (χ2v) is 8.70. The third-order valence-corrected chi connectivity index (χ3v) is 6.11. The fraction of sp³-hybridized carbons (Fsp3) is 0.350. The minimum absolute atomic E-state index is 0.208. The number of nitrogens with one attached hydrogen (secondary N) is 1. The number of rotatable bonds is 5. The number of hydrogen-bond donors (Lipinski definition) is 1. The van der Waals surface area contributed by atoms with Gasteiger partial charge >= 0.3 is 0 Å². The van der Waals surface area contributed by atoms with Crippen molar-refractivity contribution in [2.45, 2.75) is 25.5 Å². The molecule has 30 heavy (non-hydrogen) atoms. The molecule has 0 saturated carbocycles. The first-order chi connectivity index (χ1) is 14.7. The predicted octanol–water partition coefficient (Wildman–Crippen LogP) is 3.92. The van der Waals surface area contributed by atoms with E-state index in [4.69, 9.17) is 25.8 Å². The van der Waals surface area contributed by atoms with Gasteiger partial charge in [0.25, 0.3) is 5.91 Å². The monoisotopic (exact) mass is 446 g/mol. The summed E-state index contributed by atoms with van der Waals surface area (Å²) in [5, 5.41) is 7.69. The number of hydrogen-bond acceptors (Lipinski definition) is 8. The molecule has 0 bridgehead atoms. The number of carbonyl (C=O) groups excluding carboxylic acids is 1. The molecule has 4 heterocycles. The highest BCUT2D eigenvalue weighted by Gasteiger charge is 2.28. The van der Waals surface area contributed by atoms with Crippen LogP contribution in [0.3, 0.4) is 0 Å². The molecule has 2 aliphatic heterocycles. The van der Waals surface area contributed by atoms with Gasteiger partial charge in [-0.3, -0.25) is 4.79 Å².